The maximum absolute atomic E-state index is 11.3. The highest BCUT2D eigenvalue weighted by Crippen LogP contribution is 2.47. The molecule has 1 N–H and O–H groups in total. The Hall–Kier alpha value is -2.31. The minimum atomic E-state index is -0.822. The molecule has 0 radical (unpaired) electrons. The van der Waals surface area contributed by atoms with Crippen LogP contribution in [-0.4, -0.2) is 35.2 Å². The van der Waals surface area contributed by atoms with Gasteiger partial charge in [0, 0.05) is 24.2 Å². The van der Waals surface area contributed by atoms with Crippen LogP contribution in [0, 0.1) is 16.0 Å². The third kappa shape index (κ3) is 2.09. The van der Waals surface area contributed by atoms with Crippen LogP contribution in [0.5, 0.6) is 5.75 Å². The first-order valence-corrected chi connectivity index (χ1v) is 6.86. The number of fused-ring (bicyclic) bond motifs is 2. The van der Waals surface area contributed by atoms with Gasteiger partial charge in [-0.15, -0.1) is 0 Å². The lowest BCUT2D eigenvalue weighted by atomic mass is 9.89. The van der Waals surface area contributed by atoms with Crippen LogP contribution in [0.15, 0.2) is 18.2 Å². The van der Waals surface area contributed by atoms with Crippen LogP contribution in [0.3, 0.4) is 0 Å². The number of aliphatic carboxylic acids is 1. The van der Waals surface area contributed by atoms with Gasteiger partial charge in [-0.3, -0.25) is 14.9 Å². The van der Waals surface area contributed by atoms with Gasteiger partial charge in [0.15, 0.2) is 0 Å². The number of nitro benzene ring substituents is 1. The largest absolute Gasteiger partial charge is 0.497 e. The van der Waals surface area contributed by atoms with E-state index in [9.17, 15) is 20.0 Å². The number of nitro groups is 1. The summed E-state index contributed by atoms with van der Waals surface area (Å²) in [6.45, 7) is 0. The fourth-order valence-corrected chi connectivity index (χ4v) is 3.62. The second-order valence-electron chi connectivity index (χ2n) is 5.50. The number of hydrogen-bond donors (Lipinski definition) is 1. The molecule has 2 saturated heterocycles. The summed E-state index contributed by atoms with van der Waals surface area (Å²) in [6.07, 6.45) is 2.19. The molecule has 21 heavy (non-hydrogen) atoms. The van der Waals surface area contributed by atoms with Gasteiger partial charge in [-0.25, -0.2) is 0 Å². The van der Waals surface area contributed by atoms with E-state index < -0.39 is 16.8 Å². The molecule has 1 aromatic rings. The van der Waals surface area contributed by atoms with Crippen LogP contribution in [0.1, 0.15) is 19.3 Å². The zero-order valence-corrected chi connectivity index (χ0v) is 11.6. The summed E-state index contributed by atoms with van der Waals surface area (Å²) in [4.78, 5) is 24.1. The molecular weight excluding hydrogens is 276 g/mol. The van der Waals surface area contributed by atoms with E-state index in [0.29, 0.717) is 17.9 Å². The first-order valence-electron chi connectivity index (χ1n) is 6.86. The van der Waals surface area contributed by atoms with Gasteiger partial charge in [-0.05, 0) is 25.3 Å². The van der Waals surface area contributed by atoms with Crippen LogP contribution < -0.4 is 9.64 Å². The number of methoxy groups -OCH3 is 1. The highest BCUT2D eigenvalue weighted by Gasteiger charge is 2.50. The van der Waals surface area contributed by atoms with Crippen LogP contribution in [-0.2, 0) is 4.79 Å². The fourth-order valence-electron chi connectivity index (χ4n) is 3.62. The van der Waals surface area contributed by atoms with Crippen molar-refractivity contribution in [1.82, 2.24) is 0 Å². The van der Waals surface area contributed by atoms with E-state index in [1.54, 1.807) is 12.1 Å². The van der Waals surface area contributed by atoms with Crippen molar-refractivity contribution < 1.29 is 19.6 Å². The number of benzene rings is 1. The molecule has 3 unspecified atom stereocenters. The molecule has 2 bridgehead atoms. The Morgan fingerprint density at radius 3 is 2.81 bits per heavy atom. The molecule has 2 heterocycles. The van der Waals surface area contributed by atoms with E-state index in [2.05, 4.69) is 0 Å². The first-order chi connectivity index (χ1) is 10.0. The average Bonchev–Trinajstić information content (AvgIpc) is 3.03. The Kier molecular flexibility index (Phi) is 3.19. The molecule has 1 aromatic carbocycles. The zero-order chi connectivity index (χ0) is 15.1. The minimum Gasteiger partial charge on any atom is -0.497 e. The number of carboxylic acid groups (broad SMARTS) is 1. The molecule has 3 rings (SSSR count). The predicted molar refractivity (Wildman–Crippen MR) is 74.7 cm³/mol. The van der Waals surface area contributed by atoms with Crippen molar-refractivity contribution in [3.05, 3.63) is 28.3 Å². The molecule has 112 valence electrons. The zero-order valence-electron chi connectivity index (χ0n) is 11.6. The molecule has 0 aliphatic carbocycles. The lowest BCUT2D eigenvalue weighted by Crippen LogP contribution is -2.33. The maximum Gasteiger partial charge on any atom is 0.308 e. The van der Waals surface area contributed by atoms with Gasteiger partial charge in [0.25, 0.3) is 5.69 Å². The normalized spacial score (nSPS) is 26.9. The number of carboxylic acids is 1. The number of anilines is 1. The number of rotatable bonds is 4. The highest BCUT2D eigenvalue weighted by atomic mass is 16.6. The van der Waals surface area contributed by atoms with Crippen molar-refractivity contribution in [2.45, 2.75) is 31.3 Å². The lowest BCUT2D eigenvalue weighted by molar-refractivity contribution is -0.384. The van der Waals surface area contributed by atoms with E-state index in [4.69, 9.17) is 4.74 Å². The predicted octanol–water partition coefficient (Wildman–Crippen LogP) is 2.05. The van der Waals surface area contributed by atoms with Gasteiger partial charge in [0.05, 0.1) is 18.0 Å². The number of carbonyl (C=O) groups is 1. The number of ether oxygens (including phenoxy) is 1. The second kappa shape index (κ2) is 4.91. The van der Waals surface area contributed by atoms with Crippen molar-refractivity contribution in [2.75, 3.05) is 12.0 Å². The van der Waals surface area contributed by atoms with Gasteiger partial charge < -0.3 is 14.7 Å². The third-order valence-electron chi connectivity index (χ3n) is 4.51. The average molecular weight is 292 g/mol. The molecule has 3 atom stereocenters. The topological polar surface area (TPSA) is 92.9 Å². The Morgan fingerprint density at radius 1 is 1.48 bits per heavy atom. The molecule has 2 aliphatic rings. The minimum absolute atomic E-state index is 0.00117. The highest BCUT2D eigenvalue weighted by molar-refractivity contribution is 5.76. The summed E-state index contributed by atoms with van der Waals surface area (Å²) in [7, 11) is 1.50. The van der Waals surface area contributed by atoms with Gasteiger partial charge in [0.1, 0.15) is 11.4 Å². The Morgan fingerprint density at radius 2 is 2.24 bits per heavy atom. The smallest absolute Gasteiger partial charge is 0.308 e. The summed E-state index contributed by atoms with van der Waals surface area (Å²) in [5.74, 6) is -0.735. The van der Waals surface area contributed by atoms with Crippen molar-refractivity contribution >= 4 is 17.3 Å². The summed E-state index contributed by atoms with van der Waals surface area (Å²) >= 11 is 0. The van der Waals surface area contributed by atoms with Crippen molar-refractivity contribution in [3.63, 3.8) is 0 Å². The summed E-state index contributed by atoms with van der Waals surface area (Å²) in [6, 6.07) is 4.49. The van der Waals surface area contributed by atoms with Gasteiger partial charge in [0.2, 0.25) is 0 Å². The van der Waals surface area contributed by atoms with E-state index in [-0.39, 0.29) is 17.8 Å². The monoisotopic (exact) mass is 292 g/mol. The number of hydrogen-bond acceptors (Lipinski definition) is 5. The maximum atomic E-state index is 11.3. The molecular formula is C14H16N2O5. The lowest BCUT2D eigenvalue weighted by Gasteiger charge is -2.25. The molecule has 7 heteroatoms. The number of nitrogens with zero attached hydrogens (tertiary/aromatic N) is 2. The van der Waals surface area contributed by atoms with Crippen LogP contribution in [0.25, 0.3) is 0 Å². The van der Waals surface area contributed by atoms with E-state index in [1.165, 1.54) is 13.2 Å². The van der Waals surface area contributed by atoms with E-state index >= 15 is 0 Å². The Balaban J connectivity index is 2.04. The van der Waals surface area contributed by atoms with E-state index in [0.717, 1.165) is 12.8 Å². The third-order valence-corrected chi connectivity index (χ3v) is 4.51. The van der Waals surface area contributed by atoms with Crippen molar-refractivity contribution in [1.29, 1.82) is 0 Å². The molecule has 0 aromatic heterocycles. The SMILES string of the molecule is COc1ccc([N+](=O)[O-])c(N2C3CCC2C(C(=O)O)C3)c1. The molecule has 0 amide bonds. The molecule has 2 fully saturated rings. The van der Waals surface area contributed by atoms with Crippen LogP contribution >= 0.6 is 0 Å². The van der Waals surface area contributed by atoms with Gasteiger partial charge in [-0.2, -0.15) is 0 Å². The van der Waals surface area contributed by atoms with Gasteiger partial charge >= 0.3 is 5.97 Å². The van der Waals surface area contributed by atoms with Gasteiger partial charge in [-0.1, -0.05) is 0 Å². The standard InChI is InChI=1S/C14H16N2O5/c1-21-9-3-5-12(16(19)20)13(7-9)15-8-2-4-11(15)10(6-8)14(17)18/h3,5,7-8,10-11H,2,4,6H2,1H3,(H,17,18). The summed E-state index contributed by atoms with van der Waals surface area (Å²) in [5, 5.41) is 20.5. The summed E-state index contributed by atoms with van der Waals surface area (Å²) in [5.41, 5.74) is 0.467. The molecule has 2 aliphatic heterocycles. The molecule has 7 nitrogen and oxygen atoms in total. The van der Waals surface area contributed by atoms with Crippen molar-refractivity contribution in [2.24, 2.45) is 5.92 Å². The first kappa shape index (κ1) is 13.7. The molecule has 0 spiro atoms. The van der Waals surface area contributed by atoms with Crippen molar-refractivity contribution in [3.8, 4) is 5.75 Å². The van der Waals surface area contributed by atoms with Crippen LogP contribution in [0.4, 0.5) is 11.4 Å². The summed E-state index contributed by atoms with van der Waals surface area (Å²) < 4.78 is 5.15. The van der Waals surface area contributed by atoms with E-state index in [1.807, 2.05) is 4.90 Å². The Bertz CT molecular complexity index is 603. The quantitative estimate of drug-likeness (QED) is 0.674. The fraction of sp³-hybridized carbons (Fsp3) is 0.500. The van der Waals surface area contributed by atoms with Crippen LogP contribution in [0.2, 0.25) is 0 Å². The molecule has 0 saturated carbocycles. The Labute approximate surface area is 121 Å². The second-order valence-corrected chi connectivity index (χ2v) is 5.50.